The summed E-state index contributed by atoms with van der Waals surface area (Å²) in [5.74, 6) is 0.576. The van der Waals surface area contributed by atoms with Crippen molar-refractivity contribution in [1.82, 2.24) is 0 Å². The second kappa shape index (κ2) is 4.14. The topological polar surface area (TPSA) is 47.3 Å². The van der Waals surface area contributed by atoms with E-state index < -0.39 is 9.84 Å². The molecule has 0 aliphatic heterocycles. The standard InChI is InChI=1S/C12H12O3S/c1-10-7-8-12(15-10)16(13,14)9-11-5-3-2-4-6-11/h2-8H,9H2,1H3. The highest BCUT2D eigenvalue weighted by Crippen LogP contribution is 2.18. The normalized spacial score (nSPS) is 11.6. The van der Waals surface area contributed by atoms with E-state index in [2.05, 4.69) is 0 Å². The van der Waals surface area contributed by atoms with Gasteiger partial charge in [0, 0.05) is 0 Å². The summed E-state index contributed by atoms with van der Waals surface area (Å²) in [7, 11) is -3.36. The molecule has 1 aromatic heterocycles. The van der Waals surface area contributed by atoms with Gasteiger partial charge in [-0.3, -0.25) is 0 Å². The van der Waals surface area contributed by atoms with Gasteiger partial charge in [0.15, 0.2) is 0 Å². The zero-order valence-electron chi connectivity index (χ0n) is 8.88. The van der Waals surface area contributed by atoms with Crippen molar-refractivity contribution < 1.29 is 12.8 Å². The van der Waals surface area contributed by atoms with Gasteiger partial charge in [0.2, 0.25) is 14.9 Å². The molecule has 0 unspecified atom stereocenters. The maximum absolute atomic E-state index is 11.9. The van der Waals surface area contributed by atoms with Gasteiger partial charge in [-0.15, -0.1) is 0 Å². The van der Waals surface area contributed by atoms with E-state index in [1.807, 2.05) is 18.2 Å². The third kappa shape index (κ3) is 2.33. The summed E-state index contributed by atoms with van der Waals surface area (Å²) in [4.78, 5) is 0. The zero-order valence-corrected chi connectivity index (χ0v) is 9.70. The summed E-state index contributed by atoms with van der Waals surface area (Å²) < 4.78 is 29.0. The van der Waals surface area contributed by atoms with E-state index in [9.17, 15) is 8.42 Å². The third-order valence-electron chi connectivity index (χ3n) is 2.22. The van der Waals surface area contributed by atoms with E-state index >= 15 is 0 Å². The Bertz CT molecular complexity index is 567. The van der Waals surface area contributed by atoms with Crippen LogP contribution >= 0.6 is 0 Å². The minimum Gasteiger partial charge on any atom is -0.450 e. The summed E-state index contributed by atoms with van der Waals surface area (Å²) in [6.07, 6.45) is 0. The fourth-order valence-electron chi connectivity index (χ4n) is 1.44. The summed E-state index contributed by atoms with van der Waals surface area (Å²) in [6, 6.07) is 12.2. The van der Waals surface area contributed by atoms with Crippen LogP contribution in [0, 0.1) is 6.92 Å². The minimum atomic E-state index is -3.36. The Kier molecular flexibility index (Phi) is 2.83. The number of furan rings is 1. The molecule has 16 heavy (non-hydrogen) atoms. The zero-order chi connectivity index (χ0) is 11.6. The van der Waals surface area contributed by atoms with Crippen molar-refractivity contribution in [3.63, 3.8) is 0 Å². The molecule has 1 aromatic carbocycles. The molecule has 0 saturated heterocycles. The molecular weight excluding hydrogens is 224 g/mol. The Morgan fingerprint density at radius 2 is 1.75 bits per heavy atom. The van der Waals surface area contributed by atoms with Gasteiger partial charge in [-0.2, -0.15) is 0 Å². The lowest BCUT2D eigenvalue weighted by molar-refractivity contribution is 0.428. The number of sulfone groups is 1. The van der Waals surface area contributed by atoms with Crippen molar-refractivity contribution >= 4 is 9.84 Å². The van der Waals surface area contributed by atoms with Gasteiger partial charge in [-0.25, -0.2) is 8.42 Å². The van der Waals surface area contributed by atoms with Gasteiger partial charge >= 0.3 is 0 Å². The van der Waals surface area contributed by atoms with E-state index in [1.54, 1.807) is 25.1 Å². The van der Waals surface area contributed by atoms with Crippen molar-refractivity contribution in [1.29, 1.82) is 0 Å². The third-order valence-corrected chi connectivity index (χ3v) is 3.77. The average Bonchev–Trinajstić information content (AvgIpc) is 2.66. The predicted molar refractivity (Wildman–Crippen MR) is 60.8 cm³/mol. The number of hydrogen-bond donors (Lipinski definition) is 0. The van der Waals surface area contributed by atoms with Crippen LogP contribution in [0.25, 0.3) is 0 Å². The van der Waals surface area contributed by atoms with Gasteiger partial charge in [-0.05, 0) is 24.6 Å². The van der Waals surface area contributed by atoms with E-state index in [0.717, 1.165) is 5.56 Å². The molecule has 2 aromatic rings. The lowest BCUT2D eigenvalue weighted by Gasteiger charge is -2.00. The highest BCUT2D eigenvalue weighted by Gasteiger charge is 2.18. The Labute approximate surface area is 94.6 Å². The summed E-state index contributed by atoms with van der Waals surface area (Å²) in [5, 5.41) is 0.0360. The molecule has 0 aliphatic rings. The van der Waals surface area contributed by atoms with Crippen LogP contribution in [0.4, 0.5) is 0 Å². The average molecular weight is 236 g/mol. The van der Waals surface area contributed by atoms with Crippen LogP contribution in [0.15, 0.2) is 52.0 Å². The molecule has 0 aliphatic carbocycles. The molecule has 1 heterocycles. The van der Waals surface area contributed by atoms with Crippen LogP contribution in [-0.4, -0.2) is 8.42 Å². The van der Waals surface area contributed by atoms with E-state index in [4.69, 9.17) is 4.42 Å². The highest BCUT2D eigenvalue weighted by molar-refractivity contribution is 7.90. The lowest BCUT2D eigenvalue weighted by atomic mass is 10.2. The monoisotopic (exact) mass is 236 g/mol. The van der Waals surface area contributed by atoms with Crippen molar-refractivity contribution in [2.75, 3.05) is 0 Å². The summed E-state index contributed by atoms with van der Waals surface area (Å²) in [5.41, 5.74) is 0.761. The van der Waals surface area contributed by atoms with Gasteiger partial charge in [-0.1, -0.05) is 30.3 Å². The molecular formula is C12H12O3S. The van der Waals surface area contributed by atoms with Gasteiger partial charge < -0.3 is 4.42 Å². The molecule has 0 bridgehead atoms. The number of benzene rings is 1. The molecule has 0 fully saturated rings. The molecule has 2 rings (SSSR count). The Morgan fingerprint density at radius 1 is 1.06 bits per heavy atom. The molecule has 0 amide bonds. The molecule has 0 atom stereocenters. The predicted octanol–water partition coefficient (Wildman–Crippen LogP) is 2.56. The maximum atomic E-state index is 11.9. The first-order chi connectivity index (χ1) is 7.58. The van der Waals surface area contributed by atoms with Crippen molar-refractivity contribution in [2.45, 2.75) is 17.8 Å². The van der Waals surface area contributed by atoms with Crippen molar-refractivity contribution in [3.8, 4) is 0 Å². The molecule has 3 nitrogen and oxygen atoms in total. The van der Waals surface area contributed by atoms with Crippen molar-refractivity contribution in [3.05, 3.63) is 53.8 Å². The number of rotatable bonds is 3. The molecule has 84 valence electrons. The number of aryl methyl sites for hydroxylation is 1. The first-order valence-corrected chi connectivity index (χ1v) is 6.56. The number of hydrogen-bond acceptors (Lipinski definition) is 3. The highest BCUT2D eigenvalue weighted by atomic mass is 32.2. The fourth-order valence-corrected chi connectivity index (χ4v) is 2.75. The largest absolute Gasteiger partial charge is 0.450 e. The van der Waals surface area contributed by atoms with Crippen LogP contribution in [0.2, 0.25) is 0 Å². The molecule has 0 spiro atoms. The van der Waals surface area contributed by atoms with Crippen LogP contribution in [-0.2, 0) is 15.6 Å². The van der Waals surface area contributed by atoms with Crippen LogP contribution < -0.4 is 0 Å². The van der Waals surface area contributed by atoms with Gasteiger partial charge in [0.1, 0.15) is 5.76 Å². The van der Waals surface area contributed by atoms with Gasteiger partial charge in [0.25, 0.3) is 0 Å². The fraction of sp³-hybridized carbons (Fsp3) is 0.167. The second-order valence-corrected chi connectivity index (χ2v) is 5.53. The Balaban J connectivity index is 2.28. The van der Waals surface area contributed by atoms with Crippen LogP contribution in [0.5, 0.6) is 0 Å². The summed E-state index contributed by atoms with van der Waals surface area (Å²) in [6.45, 7) is 1.72. The minimum absolute atomic E-state index is 0.0270. The first kappa shape index (κ1) is 11.0. The van der Waals surface area contributed by atoms with Crippen LogP contribution in [0.1, 0.15) is 11.3 Å². The van der Waals surface area contributed by atoms with Gasteiger partial charge in [0.05, 0.1) is 5.75 Å². The quantitative estimate of drug-likeness (QED) is 0.822. The second-order valence-electron chi connectivity index (χ2n) is 3.61. The molecule has 0 radical (unpaired) electrons. The van der Waals surface area contributed by atoms with E-state index in [1.165, 1.54) is 6.07 Å². The van der Waals surface area contributed by atoms with E-state index in [0.29, 0.717) is 5.76 Å². The van der Waals surface area contributed by atoms with E-state index in [-0.39, 0.29) is 10.8 Å². The molecule has 4 heteroatoms. The lowest BCUT2D eigenvalue weighted by Crippen LogP contribution is -2.03. The SMILES string of the molecule is Cc1ccc(S(=O)(=O)Cc2ccccc2)o1. The Hall–Kier alpha value is -1.55. The first-order valence-electron chi connectivity index (χ1n) is 4.91. The smallest absolute Gasteiger partial charge is 0.218 e. The molecule has 0 N–H and O–H groups in total. The van der Waals surface area contributed by atoms with Crippen LogP contribution in [0.3, 0.4) is 0 Å². The Morgan fingerprint density at radius 3 is 2.31 bits per heavy atom. The molecule has 0 saturated carbocycles. The maximum Gasteiger partial charge on any atom is 0.218 e. The van der Waals surface area contributed by atoms with Crippen molar-refractivity contribution in [2.24, 2.45) is 0 Å². The summed E-state index contributed by atoms with van der Waals surface area (Å²) >= 11 is 0.